The van der Waals surface area contributed by atoms with Crippen LogP contribution in [0.4, 0.5) is 0 Å². The van der Waals surface area contributed by atoms with Gasteiger partial charge in [0.1, 0.15) is 0 Å². The fourth-order valence-corrected chi connectivity index (χ4v) is 12.3. The van der Waals surface area contributed by atoms with Gasteiger partial charge >= 0.3 is 0 Å². The zero-order valence-electron chi connectivity index (χ0n) is 31.4. The van der Waals surface area contributed by atoms with Gasteiger partial charge < -0.3 is 9.13 Å². The van der Waals surface area contributed by atoms with Gasteiger partial charge in [0.2, 0.25) is 0 Å². The summed E-state index contributed by atoms with van der Waals surface area (Å²) in [6.45, 7) is 0. The second kappa shape index (κ2) is 12.4. The molecule has 4 heteroatoms. The van der Waals surface area contributed by atoms with Crippen molar-refractivity contribution in [3.63, 3.8) is 0 Å². The summed E-state index contributed by atoms with van der Waals surface area (Å²) in [5.74, 6) is 0. The molecular weight excluding hydrogens is 741 g/mol. The maximum Gasteiger partial charge on any atom is 0.0547 e. The zero-order valence-corrected chi connectivity index (χ0v) is 33.1. The first kappa shape index (κ1) is 32.4. The van der Waals surface area contributed by atoms with E-state index in [4.69, 9.17) is 0 Å². The highest BCUT2D eigenvalue weighted by Gasteiger charge is 2.24. The van der Waals surface area contributed by atoms with E-state index < -0.39 is 0 Å². The average molecular weight is 775 g/mol. The molecule has 1 aliphatic carbocycles. The van der Waals surface area contributed by atoms with Gasteiger partial charge in [-0.1, -0.05) is 127 Å². The molecule has 0 N–H and O–H groups in total. The lowest BCUT2D eigenvalue weighted by Crippen LogP contribution is -2.03. The molecule has 0 bridgehead atoms. The number of fused-ring (bicyclic) bond motifs is 12. The normalized spacial score (nSPS) is 13.0. The molecule has 0 fully saturated rings. The molecule has 13 rings (SSSR count). The number of hydrogen-bond donors (Lipinski definition) is 0. The maximum atomic E-state index is 2.59. The zero-order chi connectivity index (χ0) is 37.9. The molecule has 0 aliphatic heterocycles. The van der Waals surface area contributed by atoms with Crippen molar-refractivity contribution < 1.29 is 0 Å². The van der Waals surface area contributed by atoms with E-state index in [0.29, 0.717) is 0 Å². The Balaban J connectivity index is 1.09. The number of aromatic nitrogens is 2. The molecule has 1 aliphatic rings. The van der Waals surface area contributed by atoms with Crippen LogP contribution in [0.1, 0.15) is 17.7 Å². The van der Waals surface area contributed by atoms with Crippen LogP contribution in [0.3, 0.4) is 0 Å². The van der Waals surface area contributed by atoms with Gasteiger partial charge in [0.15, 0.2) is 0 Å². The maximum absolute atomic E-state index is 2.59. The molecule has 0 amide bonds. The monoisotopic (exact) mass is 774 g/mol. The van der Waals surface area contributed by atoms with Gasteiger partial charge in [0.25, 0.3) is 0 Å². The molecule has 58 heavy (non-hydrogen) atoms. The third-order valence-electron chi connectivity index (χ3n) is 12.4. The van der Waals surface area contributed by atoms with Crippen molar-refractivity contribution in [1.82, 2.24) is 9.13 Å². The quantitative estimate of drug-likeness (QED) is 0.169. The predicted octanol–water partition coefficient (Wildman–Crippen LogP) is 15.8. The number of allylic oxidation sites excluding steroid dienone is 1. The lowest BCUT2D eigenvalue weighted by Gasteiger charge is -2.16. The number of para-hydroxylation sites is 2. The summed E-state index contributed by atoms with van der Waals surface area (Å²) in [4.78, 5) is 0. The number of thiophene rings is 2. The highest BCUT2D eigenvalue weighted by atomic mass is 32.1. The molecule has 0 saturated carbocycles. The van der Waals surface area contributed by atoms with Crippen molar-refractivity contribution >= 4 is 102 Å². The van der Waals surface area contributed by atoms with E-state index in [9.17, 15) is 0 Å². The lowest BCUT2D eigenvalue weighted by atomic mass is 9.95. The van der Waals surface area contributed by atoms with E-state index in [1.54, 1.807) is 0 Å². The van der Waals surface area contributed by atoms with Gasteiger partial charge in [-0.05, 0) is 78.6 Å². The first-order valence-corrected chi connectivity index (χ1v) is 21.7. The van der Waals surface area contributed by atoms with E-state index in [-0.39, 0.29) is 0 Å². The molecule has 4 heterocycles. The summed E-state index contributed by atoms with van der Waals surface area (Å²) in [6, 6.07) is 63.2. The standard InChI is InChI=1S/C54H34N2S2/c1-2-14-34(15-3-1)55-46-23-8-4-16-37(46)38-29-28-33(30-49(38)55)36-20-13-25-48-52(36)43-19-5-9-24-47(43)56(48)35-31-44-40-18-7-11-27-51(40)58-54(44)45(32-35)42-22-12-21-41-39-17-6-10-26-50(39)57-53(41)42/h1-8,10-23,25-32H,9,24H2. The average Bonchev–Trinajstić information content (AvgIpc) is 4.04. The van der Waals surface area contributed by atoms with Crippen molar-refractivity contribution in [2.45, 2.75) is 12.8 Å². The van der Waals surface area contributed by atoms with Gasteiger partial charge in [-0.3, -0.25) is 0 Å². The summed E-state index contributed by atoms with van der Waals surface area (Å²) in [5.41, 5.74) is 13.9. The van der Waals surface area contributed by atoms with Crippen LogP contribution in [0.2, 0.25) is 0 Å². The molecular formula is C54H34N2S2. The van der Waals surface area contributed by atoms with E-state index >= 15 is 0 Å². The third-order valence-corrected chi connectivity index (χ3v) is 14.8. The van der Waals surface area contributed by atoms with Crippen LogP contribution in [0.25, 0.3) is 113 Å². The first-order valence-electron chi connectivity index (χ1n) is 20.1. The molecule has 0 radical (unpaired) electrons. The Morgan fingerprint density at radius 2 is 1.07 bits per heavy atom. The van der Waals surface area contributed by atoms with Crippen LogP contribution in [0.15, 0.2) is 176 Å². The third kappa shape index (κ3) is 4.59. The highest BCUT2D eigenvalue weighted by Crippen LogP contribution is 2.48. The minimum atomic E-state index is 0.991. The SMILES string of the molecule is C1=Cc2c(n(-c3cc(-c4cccc5c4sc4ccccc45)c4sc5ccccc5c4c3)c3cccc(-c4ccc5c6ccccc6n(-c6ccccc6)c5c4)c23)CC1. The molecule has 2 nitrogen and oxygen atoms in total. The topological polar surface area (TPSA) is 9.86 Å². The van der Waals surface area contributed by atoms with Crippen molar-refractivity contribution in [2.24, 2.45) is 0 Å². The molecule has 0 unspecified atom stereocenters. The van der Waals surface area contributed by atoms with Crippen LogP contribution in [-0.2, 0) is 6.42 Å². The summed E-state index contributed by atoms with van der Waals surface area (Å²) in [5, 5.41) is 9.17. The summed E-state index contributed by atoms with van der Waals surface area (Å²) < 4.78 is 10.4. The Morgan fingerprint density at radius 1 is 0.414 bits per heavy atom. The van der Waals surface area contributed by atoms with Gasteiger partial charge in [-0.15, -0.1) is 22.7 Å². The lowest BCUT2D eigenvalue weighted by molar-refractivity contribution is 0.889. The number of rotatable bonds is 4. The molecule has 8 aromatic carbocycles. The summed E-state index contributed by atoms with van der Waals surface area (Å²) in [7, 11) is 0. The molecule has 0 saturated heterocycles. The minimum absolute atomic E-state index is 0.991. The molecule has 12 aromatic rings. The Morgan fingerprint density at radius 3 is 1.91 bits per heavy atom. The van der Waals surface area contributed by atoms with Crippen molar-refractivity contribution in [2.75, 3.05) is 0 Å². The minimum Gasteiger partial charge on any atom is -0.313 e. The largest absolute Gasteiger partial charge is 0.313 e. The molecule has 272 valence electrons. The van der Waals surface area contributed by atoms with Gasteiger partial charge in [0.05, 0.1) is 16.6 Å². The van der Waals surface area contributed by atoms with E-state index in [1.807, 2.05) is 22.7 Å². The first-order chi connectivity index (χ1) is 28.8. The van der Waals surface area contributed by atoms with Crippen molar-refractivity contribution in [3.05, 3.63) is 187 Å². The Labute approximate surface area is 342 Å². The van der Waals surface area contributed by atoms with E-state index in [1.165, 1.54) is 118 Å². The number of nitrogens with zero attached hydrogens (tertiary/aromatic N) is 2. The molecule has 0 spiro atoms. The van der Waals surface area contributed by atoms with Crippen LogP contribution >= 0.6 is 22.7 Å². The van der Waals surface area contributed by atoms with Crippen LogP contribution < -0.4 is 0 Å². The second-order valence-corrected chi connectivity index (χ2v) is 17.6. The predicted molar refractivity (Wildman–Crippen MR) is 252 cm³/mol. The van der Waals surface area contributed by atoms with Gasteiger partial charge in [-0.2, -0.15) is 0 Å². The molecule has 0 atom stereocenters. The van der Waals surface area contributed by atoms with Crippen LogP contribution in [-0.4, -0.2) is 9.13 Å². The van der Waals surface area contributed by atoms with E-state index in [2.05, 4.69) is 191 Å². The van der Waals surface area contributed by atoms with Crippen molar-refractivity contribution in [1.29, 1.82) is 0 Å². The van der Waals surface area contributed by atoms with E-state index in [0.717, 1.165) is 12.8 Å². The summed E-state index contributed by atoms with van der Waals surface area (Å²) >= 11 is 3.84. The highest BCUT2D eigenvalue weighted by molar-refractivity contribution is 7.27. The van der Waals surface area contributed by atoms with Crippen molar-refractivity contribution in [3.8, 4) is 33.6 Å². The Hall–Kier alpha value is -6.72. The smallest absolute Gasteiger partial charge is 0.0547 e. The number of hydrogen-bond acceptors (Lipinski definition) is 2. The van der Waals surface area contributed by atoms with Crippen LogP contribution in [0, 0.1) is 0 Å². The van der Waals surface area contributed by atoms with Crippen LogP contribution in [0.5, 0.6) is 0 Å². The number of benzene rings is 8. The Kier molecular flexibility index (Phi) is 6.91. The van der Waals surface area contributed by atoms with Gasteiger partial charge in [-0.25, -0.2) is 0 Å². The fourth-order valence-electron chi connectivity index (χ4n) is 9.90. The molecule has 4 aromatic heterocycles. The second-order valence-electron chi connectivity index (χ2n) is 15.5. The van der Waals surface area contributed by atoms with Gasteiger partial charge in [0, 0.05) is 90.3 Å². The summed E-state index contributed by atoms with van der Waals surface area (Å²) in [6.07, 6.45) is 6.77. The fraction of sp³-hybridized carbons (Fsp3) is 0.0370. The Bertz CT molecular complexity index is 3680.